The molecule has 202 valence electrons. The standard InChI is InChI=1S/C29H34FN3O4S/c1-4-17-31-29(35)27(18-23-12-6-5-7-13-23)32(20-24-14-9-8-11-22(24)2)28(34)21-33(38(3,36)37)26-16-10-15-25(30)19-26/h5-16,19,27H,4,17-18,20-21H2,1-3H3,(H,31,35). The van der Waals surface area contributed by atoms with Crippen molar-refractivity contribution in [2.45, 2.75) is 39.3 Å². The molecule has 0 aliphatic heterocycles. The van der Waals surface area contributed by atoms with Crippen LogP contribution < -0.4 is 9.62 Å². The highest BCUT2D eigenvalue weighted by Crippen LogP contribution is 2.22. The summed E-state index contributed by atoms with van der Waals surface area (Å²) in [5.74, 6) is -1.52. The van der Waals surface area contributed by atoms with Crippen molar-refractivity contribution in [2.75, 3.05) is 23.7 Å². The summed E-state index contributed by atoms with van der Waals surface area (Å²) in [5.41, 5.74) is 2.66. The Bertz CT molecular complexity index is 1350. The Kier molecular flexibility index (Phi) is 10.0. The van der Waals surface area contributed by atoms with Gasteiger partial charge in [-0.2, -0.15) is 0 Å². The molecule has 0 fully saturated rings. The van der Waals surface area contributed by atoms with Crippen LogP contribution in [0.4, 0.5) is 10.1 Å². The molecule has 0 bridgehead atoms. The molecule has 0 saturated heterocycles. The Morgan fingerprint density at radius 2 is 1.66 bits per heavy atom. The van der Waals surface area contributed by atoms with E-state index in [-0.39, 0.29) is 24.6 Å². The zero-order valence-corrected chi connectivity index (χ0v) is 22.7. The second-order valence-electron chi connectivity index (χ2n) is 9.19. The summed E-state index contributed by atoms with van der Waals surface area (Å²) in [6, 6.07) is 21.1. The number of hydrogen-bond donors (Lipinski definition) is 1. The molecule has 38 heavy (non-hydrogen) atoms. The molecule has 1 N–H and O–H groups in total. The zero-order chi connectivity index (χ0) is 27.7. The first-order chi connectivity index (χ1) is 18.1. The maximum Gasteiger partial charge on any atom is 0.244 e. The lowest BCUT2D eigenvalue weighted by molar-refractivity contribution is -0.140. The summed E-state index contributed by atoms with van der Waals surface area (Å²) in [7, 11) is -3.94. The molecular formula is C29H34FN3O4S. The number of benzene rings is 3. The van der Waals surface area contributed by atoms with Crippen LogP contribution in [0.2, 0.25) is 0 Å². The van der Waals surface area contributed by atoms with Crippen LogP contribution in [0.25, 0.3) is 0 Å². The molecule has 0 aliphatic rings. The van der Waals surface area contributed by atoms with Crippen molar-refractivity contribution in [2.24, 2.45) is 0 Å². The van der Waals surface area contributed by atoms with Gasteiger partial charge in [-0.3, -0.25) is 13.9 Å². The lowest BCUT2D eigenvalue weighted by Gasteiger charge is -2.33. The van der Waals surface area contributed by atoms with Gasteiger partial charge in [0.1, 0.15) is 18.4 Å². The number of rotatable bonds is 12. The number of carbonyl (C=O) groups is 2. The lowest BCUT2D eigenvalue weighted by atomic mass is 10.0. The Balaban J connectivity index is 2.05. The summed E-state index contributed by atoms with van der Waals surface area (Å²) < 4.78 is 40.2. The SMILES string of the molecule is CCCNC(=O)C(Cc1ccccc1)N(Cc1ccccc1C)C(=O)CN(c1cccc(F)c1)S(C)(=O)=O. The molecule has 1 unspecified atom stereocenters. The molecule has 9 heteroatoms. The number of nitrogens with zero attached hydrogens (tertiary/aromatic N) is 2. The van der Waals surface area contributed by atoms with Gasteiger partial charge in [0.25, 0.3) is 0 Å². The molecule has 2 amide bonds. The third kappa shape index (κ3) is 7.89. The van der Waals surface area contributed by atoms with Crippen LogP contribution >= 0.6 is 0 Å². The molecule has 1 atom stereocenters. The minimum Gasteiger partial charge on any atom is -0.354 e. The summed E-state index contributed by atoms with van der Waals surface area (Å²) in [4.78, 5) is 28.8. The third-order valence-electron chi connectivity index (χ3n) is 6.20. The normalized spacial score (nSPS) is 12.0. The van der Waals surface area contributed by atoms with Crippen molar-refractivity contribution in [3.05, 3.63) is 101 Å². The van der Waals surface area contributed by atoms with Crippen LogP contribution in [-0.4, -0.2) is 50.5 Å². The highest BCUT2D eigenvalue weighted by Gasteiger charge is 2.33. The number of sulfonamides is 1. The molecule has 0 spiro atoms. The van der Waals surface area contributed by atoms with Gasteiger partial charge >= 0.3 is 0 Å². The van der Waals surface area contributed by atoms with Gasteiger partial charge < -0.3 is 10.2 Å². The summed E-state index contributed by atoms with van der Waals surface area (Å²) in [6.07, 6.45) is 1.93. The summed E-state index contributed by atoms with van der Waals surface area (Å²) in [5, 5.41) is 2.90. The number of hydrogen-bond acceptors (Lipinski definition) is 4. The average molecular weight is 540 g/mol. The van der Waals surface area contributed by atoms with E-state index >= 15 is 0 Å². The van der Waals surface area contributed by atoms with E-state index in [4.69, 9.17) is 0 Å². The second kappa shape index (κ2) is 13.2. The van der Waals surface area contributed by atoms with Gasteiger partial charge in [0.2, 0.25) is 21.8 Å². The molecule has 0 heterocycles. The van der Waals surface area contributed by atoms with E-state index in [1.165, 1.54) is 23.1 Å². The van der Waals surface area contributed by atoms with E-state index in [1.54, 1.807) is 0 Å². The van der Waals surface area contributed by atoms with Crippen LogP contribution in [0.3, 0.4) is 0 Å². The Morgan fingerprint density at radius 1 is 0.974 bits per heavy atom. The number of carbonyl (C=O) groups excluding carboxylic acids is 2. The Labute approximate surface area is 224 Å². The molecule has 0 radical (unpaired) electrons. The quantitative estimate of drug-likeness (QED) is 0.376. The Hall–Kier alpha value is -3.72. The smallest absolute Gasteiger partial charge is 0.244 e. The topological polar surface area (TPSA) is 86.8 Å². The first kappa shape index (κ1) is 28.8. The maximum atomic E-state index is 14.0. The van der Waals surface area contributed by atoms with E-state index in [0.717, 1.165) is 39.7 Å². The van der Waals surface area contributed by atoms with E-state index in [2.05, 4.69) is 5.32 Å². The number of amides is 2. The lowest BCUT2D eigenvalue weighted by Crippen LogP contribution is -2.53. The minimum absolute atomic E-state index is 0.0340. The van der Waals surface area contributed by atoms with Crippen molar-refractivity contribution in [3.8, 4) is 0 Å². The second-order valence-corrected chi connectivity index (χ2v) is 11.1. The van der Waals surface area contributed by atoms with Gasteiger partial charge in [-0.1, -0.05) is 67.6 Å². The highest BCUT2D eigenvalue weighted by molar-refractivity contribution is 7.92. The molecular weight excluding hydrogens is 505 g/mol. The van der Waals surface area contributed by atoms with E-state index < -0.39 is 34.3 Å². The zero-order valence-electron chi connectivity index (χ0n) is 21.9. The molecule has 7 nitrogen and oxygen atoms in total. The van der Waals surface area contributed by atoms with E-state index in [0.29, 0.717) is 6.54 Å². The van der Waals surface area contributed by atoms with Crippen LogP contribution in [0.5, 0.6) is 0 Å². The summed E-state index contributed by atoms with van der Waals surface area (Å²) in [6.45, 7) is 3.81. The monoisotopic (exact) mass is 539 g/mol. The molecule has 3 rings (SSSR count). The molecule has 3 aromatic carbocycles. The Morgan fingerprint density at radius 3 is 2.29 bits per heavy atom. The average Bonchev–Trinajstić information content (AvgIpc) is 2.88. The van der Waals surface area contributed by atoms with Gasteiger partial charge in [0.15, 0.2) is 0 Å². The number of aryl methyl sites for hydroxylation is 1. The van der Waals surface area contributed by atoms with Crippen molar-refractivity contribution < 1.29 is 22.4 Å². The molecule has 0 aromatic heterocycles. The fourth-order valence-electron chi connectivity index (χ4n) is 4.14. The molecule has 0 aliphatic carbocycles. The maximum absolute atomic E-state index is 14.0. The van der Waals surface area contributed by atoms with Gasteiger partial charge in [-0.05, 0) is 48.2 Å². The van der Waals surface area contributed by atoms with E-state index in [1.807, 2.05) is 68.4 Å². The first-order valence-electron chi connectivity index (χ1n) is 12.5. The fraction of sp³-hybridized carbons (Fsp3) is 0.310. The van der Waals surface area contributed by atoms with Crippen LogP contribution in [-0.2, 0) is 32.6 Å². The van der Waals surface area contributed by atoms with Crippen LogP contribution in [0.15, 0.2) is 78.9 Å². The van der Waals surface area contributed by atoms with Crippen molar-refractivity contribution in [1.29, 1.82) is 0 Å². The number of halogens is 1. The molecule has 0 saturated carbocycles. The fourth-order valence-corrected chi connectivity index (χ4v) is 4.98. The van der Waals surface area contributed by atoms with Crippen LogP contribution in [0, 0.1) is 12.7 Å². The third-order valence-corrected chi connectivity index (χ3v) is 7.34. The van der Waals surface area contributed by atoms with Gasteiger partial charge in [0.05, 0.1) is 11.9 Å². The largest absolute Gasteiger partial charge is 0.354 e. The number of anilines is 1. The van der Waals surface area contributed by atoms with Gasteiger partial charge in [-0.15, -0.1) is 0 Å². The first-order valence-corrected chi connectivity index (χ1v) is 14.3. The van der Waals surface area contributed by atoms with Gasteiger partial charge in [0, 0.05) is 19.5 Å². The van der Waals surface area contributed by atoms with Crippen LogP contribution in [0.1, 0.15) is 30.0 Å². The predicted octanol–water partition coefficient (Wildman–Crippen LogP) is 4.07. The van der Waals surface area contributed by atoms with Crippen molar-refractivity contribution >= 4 is 27.5 Å². The highest BCUT2D eigenvalue weighted by atomic mass is 32.2. The van der Waals surface area contributed by atoms with E-state index in [9.17, 15) is 22.4 Å². The van der Waals surface area contributed by atoms with Crippen molar-refractivity contribution in [1.82, 2.24) is 10.2 Å². The number of nitrogens with one attached hydrogen (secondary N) is 1. The van der Waals surface area contributed by atoms with Crippen molar-refractivity contribution in [3.63, 3.8) is 0 Å². The summed E-state index contributed by atoms with van der Waals surface area (Å²) >= 11 is 0. The van der Waals surface area contributed by atoms with Gasteiger partial charge in [-0.25, -0.2) is 12.8 Å². The molecule has 3 aromatic rings. The minimum atomic E-state index is -3.94. The predicted molar refractivity (Wildman–Crippen MR) is 148 cm³/mol.